The van der Waals surface area contributed by atoms with E-state index < -0.39 is 5.60 Å². The Balaban J connectivity index is 1.76. The van der Waals surface area contributed by atoms with E-state index >= 15 is 0 Å². The van der Waals surface area contributed by atoms with Gasteiger partial charge in [-0.05, 0) is 80.8 Å². The SMILES string of the molecule is C#C[C@H]1C[C@@]2(C)[C@@H](CC[C@@]2(O)C#CC)[C@@H]2CC=C3C=C(OCC)CC[C@]3(C)[C@H]21. The van der Waals surface area contributed by atoms with Crippen LogP contribution in [0, 0.1) is 58.7 Å². The second kappa shape index (κ2) is 6.71. The normalized spacial score (nSPS) is 46.6. The molecule has 4 rings (SSSR count). The standard InChI is InChI=1S/C26H34O2/c1-6-13-26(27)15-12-22-21-10-9-19-16-20(28-8-3)11-14-24(19,4)23(21)18(7-2)17-25(22,26)5/h2,9,16,18,21-23,27H,8,10-12,14-15,17H2,1,3-5H3/t18-,21-,22-,23-,24-,25-,26-/m0/s1. The summed E-state index contributed by atoms with van der Waals surface area (Å²) in [7, 11) is 0. The molecule has 28 heavy (non-hydrogen) atoms. The van der Waals surface area contributed by atoms with Crippen LogP contribution in [-0.4, -0.2) is 17.3 Å². The number of aliphatic hydroxyl groups is 1. The van der Waals surface area contributed by atoms with Gasteiger partial charge in [-0.3, -0.25) is 0 Å². The molecule has 2 heteroatoms. The van der Waals surface area contributed by atoms with Gasteiger partial charge in [0, 0.05) is 17.8 Å². The third-order valence-corrected chi connectivity index (χ3v) is 8.72. The van der Waals surface area contributed by atoms with Crippen LogP contribution in [0.1, 0.15) is 66.2 Å². The first-order valence-corrected chi connectivity index (χ1v) is 11.0. The second-order valence-electron chi connectivity index (χ2n) is 9.82. The van der Waals surface area contributed by atoms with Crippen molar-refractivity contribution in [3.8, 4) is 24.2 Å². The van der Waals surface area contributed by atoms with E-state index in [9.17, 15) is 5.11 Å². The first-order valence-electron chi connectivity index (χ1n) is 11.0. The van der Waals surface area contributed by atoms with Crippen LogP contribution < -0.4 is 0 Å². The Morgan fingerprint density at radius 1 is 1.32 bits per heavy atom. The average Bonchev–Trinajstić information content (AvgIpc) is 2.92. The molecule has 0 heterocycles. The highest BCUT2D eigenvalue weighted by Gasteiger charge is 2.65. The molecular formula is C26H34O2. The lowest BCUT2D eigenvalue weighted by atomic mass is 9.45. The molecule has 0 radical (unpaired) electrons. The zero-order valence-corrected chi connectivity index (χ0v) is 17.8. The van der Waals surface area contributed by atoms with Gasteiger partial charge in [0.1, 0.15) is 5.60 Å². The number of fused-ring (bicyclic) bond motifs is 5. The first-order chi connectivity index (χ1) is 13.3. The van der Waals surface area contributed by atoms with Gasteiger partial charge in [-0.15, -0.1) is 18.3 Å². The van der Waals surface area contributed by atoms with Gasteiger partial charge in [0.2, 0.25) is 0 Å². The van der Waals surface area contributed by atoms with Gasteiger partial charge in [-0.25, -0.2) is 0 Å². The van der Waals surface area contributed by atoms with E-state index in [1.807, 2.05) is 6.92 Å². The van der Waals surface area contributed by atoms with Crippen LogP contribution >= 0.6 is 0 Å². The lowest BCUT2D eigenvalue weighted by molar-refractivity contribution is -0.108. The predicted molar refractivity (Wildman–Crippen MR) is 113 cm³/mol. The molecule has 7 atom stereocenters. The molecule has 0 aliphatic heterocycles. The summed E-state index contributed by atoms with van der Waals surface area (Å²) in [6, 6.07) is 0. The van der Waals surface area contributed by atoms with E-state index in [-0.39, 0.29) is 16.7 Å². The van der Waals surface area contributed by atoms with Gasteiger partial charge in [-0.1, -0.05) is 25.8 Å². The molecule has 2 saturated carbocycles. The molecule has 0 unspecified atom stereocenters. The number of allylic oxidation sites excluding steroid dienone is 4. The molecule has 2 fully saturated rings. The zero-order valence-electron chi connectivity index (χ0n) is 17.8. The Bertz CT molecular complexity index is 818. The summed E-state index contributed by atoms with van der Waals surface area (Å²) in [4.78, 5) is 0. The van der Waals surface area contributed by atoms with Crippen molar-refractivity contribution in [3.05, 3.63) is 23.5 Å². The lowest BCUT2D eigenvalue weighted by Gasteiger charge is -2.59. The van der Waals surface area contributed by atoms with E-state index in [4.69, 9.17) is 11.2 Å². The summed E-state index contributed by atoms with van der Waals surface area (Å²) in [6.45, 7) is 9.29. The third-order valence-electron chi connectivity index (χ3n) is 8.72. The molecule has 150 valence electrons. The Morgan fingerprint density at radius 2 is 2.11 bits per heavy atom. The zero-order chi connectivity index (χ0) is 20.2. The Labute approximate surface area is 170 Å². The van der Waals surface area contributed by atoms with Crippen LogP contribution in [0.5, 0.6) is 0 Å². The molecule has 2 nitrogen and oxygen atoms in total. The van der Waals surface area contributed by atoms with Crippen molar-refractivity contribution < 1.29 is 9.84 Å². The third kappa shape index (κ3) is 2.54. The summed E-state index contributed by atoms with van der Waals surface area (Å²) in [6.07, 6.45) is 16.7. The van der Waals surface area contributed by atoms with E-state index in [0.29, 0.717) is 17.8 Å². The highest BCUT2D eigenvalue weighted by Crippen LogP contribution is 2.68. The minimum atomic E-state index is -0.897. The van der Waals surface area contributed by atoms with Crippen LogP contribution in [0.3, 0.4) is 0 Å². The summed E-state index contributed by atoms with van der Waals surface area (Å²) >= 11 is 0. The molecule has 0 aromatic heterocycles. The number of hydrogen-bond acceptors (Lipinski definition) is 2. The van der Waals surface area contributed by atoms with Crippen molar-refractivity contribution in [3.63, 3.8) is 0 Å². The number of ether oxygens (including phenoxy) is 1. The van der Waals surface area contributed by atoms with Crippen LogP contribution in [0.25, 0.3) is 0 Å². The highest BCUT2D eigenvalue weighted by molar-refractivity contribution is 5.38. The maximum atomic E-state index is 11.5. The molecule has 0 bridgehead atoms. The topological polar surface area (TPSA) is 29.5 Å². The van der Waals surface area contributed by atoms with Crippen molar-refractivity contribution >= 4 is 0 Å². The molecule has 0 saturated heterocycles. The summed E-state index contributed by atoms with van der Waals surface area (Å²) in [5.41, 5.74) is 0.427. The fourth-order valence-corrected chi connectivity index (χ4v) is 7.37. The first kappa shape index (κ1) is 19.7. The van der Waals surface area contributed by atoms with E-state index in [1.54, 1.807) is 0 Å². The molecule has 4 aliphatic rings. The van der Waals surface area contributed by atoms with Crippen molar-refractivity contribution in [2.24, 2.45) is 34.5 Å². The van der Waals surface area contributed by atoms with Crippen LogP contribution in [0.2, 0.25) is 0 Å². The molecular weight excluding hydrogens is 344 g/mol. The Hall–Kier alpha value is -1.64. The van der Waals surface area contributed by atoms with Gasteiger partial charge in [-0.2, -0.15) is 0 Å². The molecule has 1 N–H and O–H groups in total. The van der Waals surface area contributed by atoms with Gasteiger partial charge in [0.05, 0.1) is 12.4 Å². The molecule has 0 amide bonds. The molecule has 4 aliphatic carbocycles. The lowest BCUT2D eigenvalue weighted by Crippen LogP contribution is -2.56. The summed E-state index contributed by atoms with van der Waals surface area (Å²) < 4.78 is 5.84. The monoisotopic (exact) mass is 378 g/mol. The van der Waals surface area contributed by atoms with E-state index in [2.05, 4.69) is 50.7 Å². The van der Waals surface area contributed by atoms with Crippen molar-refractivity contribution in [2.75, 3.05) is 6.61 Å². The average molecular weight is 379 g/mol. The minimum Gasteiger partial charge on any atom is -0.498 e. The molecule has 0 aromatic carbocycles. The van der Waals surface area contributed by atoms with Crippen LogP contribution in [0.15, 0.2) is 23.5 Å². The highest BCUT2D eigenvalue weighted by atomic mass is 16.5. The van der Waals surface area contributed by atoms with Gasteiger partial charge >= 0.3 is 0 Å². The summed E-state index contributed by atoms with van der Waals surface area (Å²) in [5.74, 6) is 12.2. The maximum absolute atomic E-state index is 11.5. The fraction of sp³-hybridized carbons (Fsp3) is 0.692. The Morgan fingerprint density at radius 3 is 2.79 bits per heavy atom. The molecule has 0 spiro atoms. The van der Waals surface area contributed by atoms with Crippen LogP contribution in [0.4, 0.5) is 0 Å². The van der Waals surface area contributed by atoms with Gasteiger partial charge < -0.3 is 9.84 Å². The fourth-order valence-electron chi connectivity index (χ4n) is 7.37. The quantitative estimate of drug-likeness (QED) is 0.678. The van der Waals surface area contributed by atoms with Crippen molar-refractivity contribution in [1.29, 1.82) is 0 Å². The summed E-state index contributed by atoms with van der Waals surface area (Å²) in [5, 5.41) is 11.5. The van der Waals surface area contributed by atoms with Crippen LogP contribution in [-0.2, 0) is 4.74 Å². The van der Waals surface area contributed by atoms with E-state index in [1.165, 1.54) is 5.57 Å². The van der Waals surface area contributed by atoms with Gasteiger partial charge in [0.25, 0.3) is 0 Å². The van der Waals surface area contributed by atoms with Gasteiger partial charge in [0.15, 0.2) is 0 Å². The predicted octanol–water partition coefficient (Wildman–Crippen LogP) is 5.09. The Kier molecular flexibility index (Phi) is 4.71. The van der Waals surface area contributed by atoms with E-state index in [0.717, 1.165) is 50.9 Å². The number of rotatable bonds is 2. The smallest absolute Gasteiger partial charge is 0.131 e. The number of terminal acetylenes is 1. The number of hydrogen-bond donors (Lipinski definition) is 1. The molecule has 0 aromatic rings. The second-order valence-corrected chi connectivity index (χ2v) is 9.82. The van der Waals surface area contributed by atoms with Crippen molar-refractivity contribution in [1.82, 2.24) is 0 Å². The maximum Gasteiger partial charge on any atom is 0.131 e. The largest absolute Gasteiger partial charge is 0.498 e. The van der Waals surface area contributed by atoms with Crippen molar-refractivity contribution in [2.45, 2.75) is 71.8 Å². The minimum absolute atomic E-state index is 0.110.